The first-order valence-corrected chi connectivity index (χ1v) is 10.1. The zero-order valence-electron chi connectivity index (χ0n) is 17.8. The van der Waals surface area contributed by atoms with E-state index in [9.17, 15) is 4.79 Å². The van der Waals surface area contributed by atoms with E-state index in [-0.39, 0.29) is 12.0 Å². The molecule has 0 radical (unpaired) electrons. The van der Waals surface area contributed by atoms with E-state index in [0.717, 1.165) is 42.3 Å². The quantitative estimate of drug-likeness (QED) is 0.450. The number of rotatable bonds is 9. The van der Waals surface area contributed by atoms with E-state index in [1.807, 2.05) is 69.3 Å². The van der Waals surface area contributed by atoms with Crippen LogP contribution in [0.15, 0.2) is 53.5 Å². The average molecular weight is 397 g/mol. The third-order valence-electron chi connectivity index (χ3n) is 4.18. The predicted molar refractivity (Wildman–Crippen MR) is 119 cm³/mol. The molecule has 0 atom stereocenters. The Morgan fingerprint density at radius 2 is 1.83 bits per heavy atom. The average Bonchev–Trinajstić information content (AvgIpc) is 2.72. The molecule has 6 heteroatoms. The summed E-state index contributed by atoms with van der Waals surface area (Å²) in [4.78, 5) is 16.4. The van der Waals surface area contributed by atoms with Crippen LogP contribution < -0.4 is 20.7 Å². The first-order valence-electron chi connectivity index (χ1n) is 10.1. The molecule has 156 valence electrons. The highest BCUT2D eigenvalue weighted by Crippen LogP contribution is 2.14. The molecule has 0 aliphatic heterocycles. The molecule has 6 nitrogen and oxygen atoms in total. The number of nitrogens with zero attached hydrogens (tertiary/aromatic N) is 1. The highest BCUT2D eigenvalue weighted by molar-refractivity contribution is 5.94. The summed E-state index contributed by atoms with van der Waals surface area (Å²) in [6.07, 6.45) is 0.969. The van der Waals surface area contributed by atoms with Crippen LogP contribution in [0, 0.1) is 0 Å². The van der Waals surface area contributed by atoms with Gasteiger partial charge in [0.05, 0.1) is 12.6 Å². The summed E-state index contributed by atoms with van der Waals surface area (Å²) in [5, 5.41) is 9.27. The van der Waals surface area contributed by atoms with Crippen molar-refractivity contribution in [2.75, 3.05) is 20.1 Å². The fourth-order valence-corrected chi connectivity index (χ4v) is 2.80. The van der Waals surface area contributed by atoms with E-state index in [1.165, 1.54) is 0 Å². The maximum absolute atomic E-state index is 11.8. The maximum atomic E-state index is 11.8. The standard InChI is InChI=1S/C23H32N4O2/c1-5-25-23(27-16-19-9-11-21(12-10-19)29-17(2)3)26-14-13-18-7-6-8-20(15-18)22(28)24-4/h6-12,15,17H,5,13-14,16H2,1-4H3,(H,24,28)(H2,25,26,27). The number of benzene rings is 2. The van der Waals surface area contributed by atoms with Crippen molar-refractivity contribution < 1.29 is 9.53 Å². The number of aliphatic imine (C=N–C) groups is 1. The van der Waals surface area contributed by atoms with E-state index in [0.29, 0.717) is 12.1 Å². The minimum Gasteiger partial charge on any atom is -0.491 e. The lowest BCUT2D eigenvalue weighted by Gasteiger charge is -2.12. The topological polar surface area (TPSA) is 74.8 Å². The molecular formula is C23H32N4O2. The Morgan fingerprint density at radius 3 is 2.48 bits per heavy atom. The van der Waals surface area contributed by atoms with Gasteiger partial charge in [0, 0.05) is 25.7 Å². The number of hydrogen-bond acceptors (Lipinski definition) is 3. The van der Waals surface area contributed by atoms with Crippen molar-refractivity contribution in [3.8, 4) is 5.75 Å². The van der Waals surface area contributed by atoms with Crippen molar-refractivity contribution in [2.24, 2.45) is 4.99 Å². The normalized spacial score (nSPS) is 11.3. The van der Waals surface area contributed by atoms with Crippen LogP contribution in [0.3, 0.4) is 0 Å². The van der Waals surface area contributed by atoms with E-state index in [2.05, 4.69) is 20.9 Å². The second kappa shape index (κ2) is 11.7. The van der Waals surface area contributed by atoms with E-state index >= 15 is 0 Å². The fourth-order valence-electron chi connectivity index (χ4n) is 2.80. The Kier molecular flexibility index (Phi) is 9.02. The SMILES string of the molecule is CCNC(=NCc1ccc(OC(C)C)cc1)NCCc1cccc(C(=O)NC)c1. The van der Waals surface area contributed by atoms with Crippen LogP contribution in [0.2, 0.25) is 0 Å². The van der Waals surface area contributed by atoms with Crippen LogP contribution in [0.4, 0.5) is 0 Å². The molecule has 0 saturated carbocycles. The summed E-state index contributed by atoms with van der Waals surface area (Å²) >= 11 is 0. The van der Waals surface area contributed by atoms with E-state index < -0.39 is 0 Å². The lowest BCUT2D eigenvalue weighted by Crippen LogP contribution is -2.38. The summed E-state index contributed by atoms with van der Waals surface area (Å²) in [5.41, 5.74) is 2.90. The molecule has 1 amide bonds. The number of carbonyl (C=O) groups is 1. The van der Waals surface area contributed by atoms with Gasteiger partial charge in [0.2, 0.25) is 0 Å². The van der Waals surface area contributed by atoms with Crippen LogP contribution in [-0.2, 0) is 13.0 Å². The van der Waals surface area contributed by atoms with Gasteiger partial charge < -0.3 is 20.7 Å². The Morgan fingerprint density at radius 1 is 1.07 bits per heavy atom. The molecule has 2 aromatic carbocycles. The third-order valence-corrected chi connectivity index (χ3v) is 4.18. The minimum atomic E-state index is -0.0699. The van der Waals surface area contributed by atoms with Crippen LogP contribution in [0.25, 0.3) is 0 Å². The monoisotopic (exact) mass is 396 g/mol. The van der Waals surface area contributed by atoms with Crippen LogP contribution in [0.5, 0.6) is 5.75 Å². The zero-order chi connectivity index (χ0) is 21.1. The number of nitrogens with one attached hydrogen (secondary N) is 3. The minimum absolute atomic E-state index is 0.0699. The molecule has 0 aromatic heterocycles. The summed E-state index contributed by atoms with van der Waals surface area (Å²) in [6.45, 7) is 8.18. The Hall–Kier alpha value is -3.02. The number of carbonyl (C=O) groups excluding carboxylic acids is 1. The highest BCUT2D eigenvalue weighted by Gasteiger charge is 2.04. The van der Waals surface area contributed by atoms with Crippen molar-refractivity contribution in [3.63, 3.8) is 0 Å². The van der Waals surface area contributed by atoms with Crippen molar-refractivity contribution in [1.29, 1.82) is 0 Å². The van der Waals surface area contributed by atoms with Crippen molar-refractivity contribution in [1.82, 2.24) is 16.0 Å². The molecule has 2 aromatic rings. The van der Waals surface area contributed by atoms with Gasteiger partial charge in [-0.1, -0.05) is 24.3 Å². The van der Waals surface area contributed by atoms with Crippen LogP contribution >= 0.6 is 0 Å². The van der Waals surface area contributed by atoms with Crippen LogP contribution in [-0.4, -0.2) is 38.1 Å². The lowest BCUT2D eigenvalue weighted by molar-refractivity contribution is 0.0963. The molecule has 0 heterocycles. The molecule has 0 spiro atoms. The second-order valence-electron chi connectivity index (χ2n) is 6.96. The van der Waals surface area contributed by atoms with Gasteiger partial charge in [0.15, 0.2) is 5.96 Å². The fraction of sp³-hybridized carbons (Fsp3) is 0.391. The summed E-state index contributed by atoms with van der Waals surface area (Å²) in [7, 11) is 1.64. The first-order chi connectivity index (χ1) is 14.0. The summed E-state index contributed by atoms with van der Waals surface area (Å²) < 4.78 is 5.67. The lowest BCUT2D eigenvalue weighted by atomic mass is 10.1. The number of guanidine groups is 1. The number of hydrogen-bond donors (Lipinski definition) is 3. The molecule has 3 N–H and O–H groups in total. The molecule has 0 aliphatic rings. The molecule has 29 heavy (non-hydrogen) atoms. The maximum Gasteiger partial charge on any atom is 0.251 e. The van der Waals surface area contributed by atoms with Crippen molar-refractivity contribution in [3.05, 3.63) is 65.2 Å². The van der Waals surface area contributed by atoms with Crippen LogP contribution in [0.1, 0.15) is 42.3 Å². The largest absolute Gasteiger partial charge is 0.491 e. The van der Waals surface area contributed by atoms with Gasteiger partial charge in [0.1, 0.15) is 5.75 Å². The van der Waals surface area contributed by atoms with Gasteiger partial charge in [-0.2, -0.15) is 0 Å². The van der Waals surface area contributed by atoms with Gasteiger partial charge in [-0.3, -0.25) is 4.79 Å². The van der Waals surface area contributed by atoms with Crippen molar-refractivity contribution in [2.45, 2.75) is 39.8 Å². The zero-order valence-corrected chi connectivity index (χ0v) is 17.8. The van der Waals surface area contributed by atoms with Gasteiger partial charge >= 0.3 is 0 Å². The molecule has 0 unspecified atom stereocenters. The smallest absolute Gasteiger partial charge is 0.251 e. The van der Waals surface area contributed by atoms with Crippen molar-refractivity contribution >= 4 is 11.9 Å². The van der Waals surface area contributed by atoms with E-state index in [1.54, 1.807) is 7.05 Å². The molecule has 0 bridgehead atoms. The Balaban J connectivity index is 1.90. The summed E-state index contributed by atoms with van der Waals surface area (Å²) in [6, 6.07) is 15.7. The molecule has 0 aliphatic carbocycles. The Bertz CT molecular complexity index is 801. The van der Waals surface area contributed by atoms with Gasteiger partial charge in [-0.25, -0.2) is 4.99 Å². The van der Waals surface area contributed by atoms with Gasteiger partial charge in [0.25, 0.3) is 5.91 Å². The third kappa shape index (κ3) is 7.86. The number of ether oxygens (including phenoxy) is 1. The summed E-state index contributed by atoms with van der Waals surface area (Å²) in [5.74, 6) is 1.58. The Labute approximate surface area is 173 Å². The predicted octanol–water partition coefficient (Wildman–Crippen LogP) is 3.13. The molecule has 0 saturated heterocycles. The molecular weight excluding hydrogens is 364 g/mol. The molecule has 2 rings (SSSR count). The van der Waals surface area contributed by atoms with E-state index in [4.69, 9.17) is 4.74 Å². The number of amides is 1. The second-order valence-corrected chi connectivity index (χ2v) is 6.96. The highest BCUT2D eigenvalue weighted by atomic mass is 16.5. The first kappa shape index (κ1) is 22.3. The van der Waals surface area contributed by atoms with Gasteiger partial charge in [-0.15, -0.1) is 0 Å². The van der Waals surface area contributed by atoms with Gasteiger partial charge in [-0.05, 0) is 62.6 Å². The molecule has 0 fully saturated rings.